The van der Waals surface area contributed by atoms with Crippen LogP contribution < -0.4 is 0 Å². The average molecular weight is 606 g/mol. The molecule has 0 atom stereocenters. The van der Waals surface area contributed by atoms with Gasteiger partial charge in [-0.2, -0.15) is 0 Å². The lowest BCUT2D eigenvalue weighted by molar-refractivity contribution is 0.550. The smallest absolute Gasteiger partial charge is 0.218 e. The molecule has 0 amide bonds. The van der Waals surface area contributed by atoms with Crippen molar-refractivity contribution in [1.82, 2.24) is 4.57 Å². The minimum absolute atomic E-state index is 0.450. The Morgan fingerprint density at radius 1 is 0.543 bits per heavy atom. The molecular formula is C43H27NOS. The van der Waals surface area contributed by atoms with E-state index in [2.05, 4.69) is 146 Å². The highest BCUT2D eigenvalue weighted by Gasteiger charge is 2.52. The van der Waals surface area contributed by atoms with E-state index in [1.165, 1.54) is 59.8 Å². The molecule has 0 N–H and O–H groups in total. The van der Waals surface area contributed by atoms with Gasteiger partial charge in [0.05, 0.1) is 16.4 Å². The molecule has 0 saturated carbocycles. The summed E-state index contributed by atoms with van der Waals surface area (Å²) in [5, 5.41) is 2.20. The Bertz CT molecular complexity index is 2520. The predicted molar refractivity (Wildman–Crippen MR) is 191 cm³/mol. The third-order valence-corrected chi connectivity index (χ3v) is 11.4. The van der Waals surface area contributed by atoms with Crippen LogP contribution in [-0.4, -0.2) is 11.0 Å². The summed E-state index contributed by atoms with van der Waals surface area (Å²) in [5.41, 5.74) is 15.0. The number of para-hydroxylation sites is 1. The lowest BCUT2D eigenvalue weighted by atomic mass is 9.70. The topological polar surface area (TPSA) is 22.0 Å². The van der Waals surface area contributed by atoms with E-state index < -0.39 is 5.41 Å². The highest BCUT2D eigenvalue weighted by atomic mass is 32.1. The molecule has 0 saturated heterocycles. The second-order valence-corrected chi connectivity index (χ2v) is 13.7. The van der Waals surface area contributed by atoms with Crippen LogP contribution in [0.25, 0.3) is 65.6 Å². The molecule has 2 aromatic heterocycles. The van der Waals surface area contributed by atoms with E-state index in [9.17, 15) is 4.79 Å². The summed E-state index contributed by atoms with van der Waals surface area (Å²) in [6, 6.07) is 50.4. The van der Waals surface area contributed by atoms with Crippen molar-refractivity contribution in [2.45, 2.75) is 12.3 Å². The zero-order valence-electron chi connectivity index (χ0n) is 25.1. The maximum absolute atomic E-state index is 13.4. The summed E-state index contributed by atoms with van der Waals surface area (Å²) in [6.07, 6.45) is 1.03. The van der Waals surface area contributed by atoms with Crippen molar-refractivity contribution < 1.29 is 4.79 Å². The molecule has 10 rings (SSSR count). The van der Waals surface area contributed by atoms with Crippen LogP contribution in [0.1, 0.15) is 27.1 Å². The first-order valence-electron chi connectivity index (χ1n) is 15.7. The van der Waals surface area contributed by atoms with Gasteiger partial charge in [-0.1, -0.05) is 133 Å². The number of fused-ring (bicyclic) bond motifs is 14. The van der Waals surface area contributed by atoms with Crippen LogP contribution in [0.2, 0.25) is 0 Å². The van der Waals surface area contributed by atoms with Crippen molar-refractivity contribution in [1.29, 1.82) is 0 Å². The fourth-order valence-corrected chi connectivity index (χ4v) is 9.62. The number of nitrogens with zero attached hydrogens (tertiary/aromatic N) is 1. The van der Waals surface area contributed by atoms with Gasteiger partial charge in [-0.3, -0.25) is 9.36 Å². The average Bonchev–Trinajstić information content (AvgIpc) is 3.83. The van der Waals surface area contributed by atoms with Crippen LogP contribution in [0.3, 0.4) is 0 Å². The minimum Gasteiger partial charge on any atom is -0.281 e. The Morgan fingerprint density at radius 3 is 1.83 bits per heavy atom. The maximum Gasteiger partial charge on any atom is 0.218 e. The van der Waals surface area contributed by atoms with E-state index in [0.717, 1.165) is 39.3 Å². The second-order valence-electron chi connectivity index (χ2n) is 12.4. The van der Waals surface area contributed by atoms with Crippen LogP contribution in [0.4, 0.5) is 0 Å². The number of rotatable bonds is 3. The SMILES string of the molecule is Cc1sc(-c2ccccc2)cc1-c1cccc2c3ccc4c(c3n(C=O)c12)-c1ccccc1C41c2ccccc2-c2ccccc21. The quantitative estimate of drug-likeness (QED) is 0.184. The lowest BCUT2D eigenvalue weighted by Gasteiger charge is -2.30. The summed E-state index contributed by atoms with van der Waals surface area (Å²) >= 11 is 1.80. The Labute approximate surface area is 270 Å². The fourth-order valence-electron chi connectivity index (χ4n) is 8.58. The van der Waals surface area contributed by atoms with Gasteiger partial charge in [-0.05, 0) is 63.1 Å². The third-order valence-electron chi connectivity index (χ3n) is 10.3. The van der Waals surface area contributed by atoms with Crippen molar-refractivity contribution in [3.05, 3.63) is 167 Å². The molecule has 0 fully saturated rings. The summed E-state index contributed by atoms with van der Waals surface area (Å²) in [4.78, 5) is 15.8. The first-order chi connectivity index (χ1) is 22.7. The molecule has 0 aliphatic heterocycles. The number of hydrogen-bond donors (Lipinski definition) is 0. The van der Waals surface area contributed by atoms with E-state index in [1.54, 1.807) is 11.3 Å². The third kappa shape index (κ3) is 3.08. The molecule has 0 radical (unpaired) electrons. The van der Waals surface area contributed by atoms with Crippen molar-refractivity contribution in [2.24, 2.45) is 0 Å². The molecule has 3 heteroatoms. The van der Waals surface area contributed by atoms with Crippen LogP contribution in [-0.2, 0) is 10.2 Å². The van der Waals surface area contributed by atoms with Crippen LogP contribution in [0, 0.1) is 6.92 Å². The number of thiophene rings is 1. The van der Waals surface area contributed by atoms with Gasteiger partial charge in [0, 0.05) is 31.7 Å². The monoisotopic (exact) mass is 605 g/mol. The van der Waals surface area contributed by atoms with Crippen molar-refractivity contribution in [3.63, 3.8) is 0 Å². The van der Waals surface area contributed by atoms with E-state index in [-0.39, 0.29) is 0 Å². The molecule has 6 aromatic carbocycles. The molecule has 2 aliphatic rings. The van der Waals surface area contributed by atoms with Gasteiger partial charge >= 0.3 is 0 Å². The molecule has 216 valence electrons. The second kappa shape index (κ2) is 9.26. The number of aromatic nitrogens is 1. The molecule has 2 heterocycles. The van der Waals surface area contributed by atoms with Gasteiger partial charge in [0.2, 0.25) is 6.41 Å². The number of carbonyl (C=O) groups is 1. The van der Waals surface area contributed by atoms with Crippen LogP contribution >= 0.6 is 11.3 Å². The molecule has 8 aromatic rings. The normalized spacial score (nSPS) is 13.6. The lowest BCUT2D eigenvalue weighted by Crippen LogP contribution is -2.25. The van der Waals surface area contributed by atoms with Crippen LogP contribution in [0.5, 0.6) is 0 Å². The number of aryl methyl sites for hydroxylation is 1. The standard InChI is InChI=1S/C43H27NOS/c1-26-34(24-39(46-26)27-12-3-2-4-13-27)31-18-11-17-30-32-22-23-38-40(42(32)44(25-45)41(30)31)33-16-7-10-21-37(33)43(38)35-19-8-5-14-28(35)29-15-6-9-20-36(29)43/h2-25H,1H3. The zero-order chi connectivity index (χ0) is 30.6. The van der Waals surface area contributed by atoms with E-state index in [4.69, 9.17) is 0 Å². The molecular weight excluding hydrogens is 579 g/mol. The fraction of sp³-hybridized carbons (Fsp3) is 0.0465. The number of carbonyl (C=O) groups excluding carboxylic acids is 1. The minimum atomic E-state index is -0.450. The van der Waals surface area contributed by atoms with Crippen molar-refractivity contribution >= 4 is 39.6 Å². The molecule has 2 aliphatic carbocycles. The summed E-state index contributed by atoms with van der Waals surface area (Å²) in [6.45, 7) is 2.19. The van der Waals surface area contributed by atoms with E-state index >= 15 is 0 Å². The molecule has 46 heavy (non-hydrogen) atoms. The Balaban J connectivity index is 1.32. The highest BCUT2D eigenvalue weighted by Crippen LogP contribution is 2.64. The van der Waals surface area contributed by atoms with Gasteiger partial charge in [0.1, 0.15) is 0 Å². The van der Waals surface area contributed by atoms with Gasteiger partial charge in [0.25, 0.3) is 0 Å². The summed E-state index contributed by atoms with van der Waals surface area (Å²) in [5.74, 6) is 0. The zero-order valence-corrected chi connectivity index (χ0v) is 25.9. The first-order valence-corrected chi connectivity index (χ1v) is 16.5. The molecule has 1 spiro atoms. The Hall–Kier alpha value is -5.51. The first kappa shape index (κ1) is 25.8. The van der Waals surface area contributed by atoms with Gasteiger partial charge in [-0.25, -0.2) is 0 Å². The maximum atomic E-state index is 13.4. The van der Waals surface area contributed by atoms with Gasteiger partial charge in [0.15, 0.2) is 0 Å². The van der Waals surface area contributed by atoms with Crippen molar-refractivity contribution in [3.8, 4) is 43.8 Å². The molecule has 2 nitrogen and oxygen atoms in total. The van der Waals surface area contributed by atoms with Crippen LogP contribution in [0.15, 0.2) is 140 Å². The molecule has 0 bridgehead atoms. The van der Waals surface area contributed by atoms with E-state index in [1.807, 2.05) is 4.57 Å². The molecule has 0 unspecified atom stereocenters. The van der Waals surface area contributed by atoms with E-state index in [0.29, 0.717) is 0 Å². The highest BCUT2D eigenvalue weighted by molar-refractivity contribution is 7.16. The van der Waals surface area contributed by atoms with Crippen molar-refractivity contribution in [2.75, 3.05) is 0 Å². The van der Waals surface area contributed by atoms with Gasteiger partial charge < -0.3 is 0 Å². The number of benzene rings is 6. The predicted octanol–water partition coefficient (Wildman–Crippen LogP) is 10.9. The Morgan fingerprint density at radius 2 is 1.13 bits per heavy atom. The Kier molecular flexibility index (Phi) is 5.19. The summed E-state index contributed by atoms with van der Waals surface area (Å²) < 4.78 is 1.93. The largest absolute Gasteiger partial charge is 0.281 e. The number of hydrogen-bond acceptors (Lipinski definition) is 2. The summed E-state index contributed by atoms with van der Waals surface area (Å²) in [7, 11) is 0. The van der Waals surface area contributed by atoms with Gasteiger partial charge in [-0.15, -0.1) is 11.3 Å².